The highest BCUT2D eigenvalue weighted by molar-refractivity contribution is 6.31. The van der Waals surface area contributed by atoms with Crippen molar-refractivity contribution in [1.29, 1.82) is 0 Å². The molecule has 4 aliphatic rings. The highest BCUT2D eigenvalue weighted by Crippen LogP contribution is 2.28. The van der Waals surface area contributed by atoms with E-state index >= 15 is 0 Å². The third-order valence-corrected chi connectivity index (χ3v) is 9.82. The summed E-state index contributed by atoms with van der Waals surface area (Å²) in [5.74, 6) is -0.751. The van der Waals surface area contributed by atoms with Crippen LogP contribution in [0.2, 0.25) is 10.0 Å². The largest absolute Gasteiger partial charge is 0.481 e. The number of nitrogens with one attached hydrogen (secondary N) is 1. The molecule has 0 saturated heterocycles. The van der Waals surface area contributed by atoms with Gasteiger partial charge < -0.3 is 15.3 Å². The lowest BCUT2D eigenvalue weighted by Gasteiger charge is -2.29. The number of nitrogens with zero attached hydrogens (tertiary/aromatic N) is 5. The molecule has 0 radical (unpaired) electrons. The van der Waals surface area contributed by atoms with Crippen LogP contribution in [0.3, 0.4) is 0 Å². The van der Waals surface area contributed by atoms with Crippen molar-refractivity contribution in [3.05, 3.63) is 152 Å². The first kappa shape index (κ1) is 40.4. The molecule has 1 amide bonds. The average Bonchev–Trinajstić information content (AvgIpc) is 3.83. The first-order chi connectivity index (χ1) is 26.3. The molecule has 2 aromatic heterocycles. The lowest BCUT2D eigenvalue weighted by atomic mass is 9.95. The van der Waals surface area contributed by atoms with Crippen molar-refractivity contribution < 1.29 is 20.5 Å². The fourth-order valence-electron chi connectivity index (χ4n) is 6.40. The molecule has 0 spiro atoms. The highest BCUT2D eigenvalue weighted by Gasteiger charge is 2.29. The van der Waals surface area contributed by atoms with Crippen LogP contribution in [0.5, 0.6) is 0 Å². The number of aliphatic carboxylic acids is 1. The first-order valence-corrected chi connectivity index (χ1v) is 17.9. The van der Waals surface area contributed by atoms with Crippen molar-refractivity contribution in [3.63, 3.8) is 0 Å². The fourth-order valence-corrected chi connectivity index (χ4v) is 6.80. The van der Waals surface area contributed by atoms with E-state index in [1.54, 1.807) is 36.7 Å². The Morgan fingerprint density at radius 3 is 1.83 bits per heavy atom. The number of pyridine rings is 2. The summed E-state index contributed by atoms with van der Waals surface area (Å²) in [7, 11) is -1.00. The van der Waals surface area contributed by atoms with Gasteiger partial charge in [0.2, 0.25) is 5.91 Å². The number of benzene rings is 2. The van der Waals surface area contributed by atoms with E-state index in [0.717, 1.165) is 62.4 Å². The zero-order valence-corrected chi connectivity index (χ0v) is 31.9. The Morgan fingerprint density at radius 2 is 1.30 bits per heavy atom. The van der Waals surface area contributed by atoms with Gasteiger partial charge in [-0.2, -0.15) is 0 Å². The number of carbonyl (C=O) groups is 2. The molecule has 8 rings (SSSR count). The molecule has 282 valence electrons. The molecule has 0 bridgehead atoms. The Hall–Kier alpha value is -4.74. The van der Waals surface area contributed by atoms with Gasteiger partial charge in [-0.15, -0.1) is 12.4 Å². The predicted octanol–water partition coefficient (Wildman–Crippen LogP) is 7.46. The second-order valence-corrected chi connectivity index (χ2v) is 13.2. The molecule has 9 nitrogen and oxygen atoms in total. The molecule has 0 atom stereocenters. The Kier molecular flexibility index (Phi) is 15.9. The van der Waals surface area contributed by atoms with Crippen molar-refractivity contribution in [1.82, 2.24) is 20.2 Å². The van der Waals surface area contributed by atoms with Crippen LogP contribution in [0.15, 0.2) is 130 Å². The van der Waals surface area contributed by atoms with Gasteiger partial charge in [0.25, 0.3) is 0 Å². The second-order valence-electron chi connectivity index (χ2n) is 12.4. The van der Waals surface area contributed by atoms with E-state index in [1.807, 2.05) is 65.8 Å². The number of carboxylic acid groups (broad SMARTS) is 1. The van der Waals surface area contributed by atoms with Crippen LogP contribution in [-0.2, 0) is 22.4 Å². The molecular formula is C41H42Cl3FN6O3. The lowest BCUT2D eigenvalue weighted by Crippen LogP contribution is -2.39. The number of amides is 1. The van der Waals surface area contributed by atoms with Crippen molar-refractivity contribution in [2.75, 3.05) is 46.4 Å². The molecule has 13 heteroatoms. The average molecular weight is 793 g/mol. The number of aliphatic imine (C=N–C) groups is 2. The van der Waals surface area contributed by atoms with Gasteiger partial charge in [-0.1, -0.05) is 59.6 Å². The summed E-state index contributed by atoms with van der Waals surface area (Å²) >= 11 is 11.9. The van der Waals surface area contributed by atoms with Crippen LogP contribution in [0, 0.1) is 0 Å². The van der Waals surface area contributed by atoms with E-state index in [-0.39, 0.29) is 24.7 Å². The van der Waals surface area contributed by atoms with E-state index in [2.05, 4.69) is 20.3 Å². The third kappa shape index (κ3) is 11.1. The number of carboxylic acids is 1. The SMILES string of the molecule is Cl.O=C(Cc1ccccc1Cl)N1CCC2=C(C1)C(c1ccncc1)=NC2.O=C(O)Cc1ccccc1Cl.[2H]CF.c1cc(C2=NCC3=C2CNCC3)ccn1. The van der Waals surface area contributed by atoms with E-state index in [1.165, 1.54) is 33.6 Å². The van der Waals surface area contributed by atoms with Crippen LogP contribution in [-0.4, -0.2) is 89.7 Å². The summed E-state index contributed by atoms with van der Waals surface area (Å²) in [4.78, 5) is 42.4. The Bertz CT molecular complexity index is 2050. The van der Waals surface area contributed by atoms with Gasteiger partial charge in [-0.25, -0.2) is 0 Å². The molecule has 4 aliphatic heterocycles. The molecule has 0 saturated carbocycles. The molecule has 54 heavy (non-hydrogen) atoms. The van der Waals surface area contributed by atoms with E-state index < -0.39 is 13.1 Å². The Balaban J connectivity index is 0.000000191. The van der Waals surface area contributed by atoms with Crippen LogP contribution in [0.1, 0.15) is 36.5 Å². The minimum absolute atomic E-state index is 0. The van der Waals surface area contributed by atoms with E-state index in [4.69, 9.17) is 34.7 Å². The third-order valence-electron chi connectivity index (χ3n) is 9.08. The highest BCUT2D eigenvalue weighted by atomic mass is 35.5. The molecule has 4 aromatic rings. The quantitative estimate of drug-likeness (QED) is 0.209. The molecule has 2 N–H and O–H groups in total. The normalized spacial score (nSPS) is 15.6. The number of halogens is 4. The minimum atomic E-state index is -1.00. The Labute approximate surface area is 332 Å². The number of aromatic nitrogens is 2. The van der Waals surface area contributed by atoms with Gasteiger partial charge in [-0.3, -0.25) is 33.9 Å². The summed E-state index contributed by atoms with van der Waals surface area (Å²) in [6.07, 6.45) is 9.57. The van der Waals surface area contributed by atoms with Gasteiger partial charge in [0.15, 0.2) is 0 Å². The van der Waals surface area contributed by atoms with Crippen molar-refractivity contribution >= 4 is 58.9 Å². The van der Waals surface area contributed by atoms with Gasteiger partial charge in [0.1, 0.15) is 0 Å². The molecule has 0 unspecified atom stereocenters. The maximum Gasteiger partial charge on any atom is 0.307 e. The molecular weight excluding hydrogens is 750 g/mol. The first-order valence-electron chi connectivity index (χ1n) is 17.8. The molecule has 0 aliphatic carbocycles. The van der Waals surface area contributed by atoms with Crippen LogP contribution < -0.4 is 5.32 Å². The number of hydrogen-bond acceptors (Lipinski definition) is 7. The van der Waals surface area contributed by atoms with Crippen LogP contribution in [0.25, 0.3) is 0 Å². The van der Waals surface area contributed by atoms with Crippen LogP contribution >= 0.6 is 35.6 Å². The summed E-state index contributed by atoms with van der Waals surface area (Å²) in [5.41, 5.74) is 11.4. The van der Waals surface area contributed by atoms with E-state index in [0.29, 0.717) is 28.6 Å². The number of carbonyl (C=O) groups excluding carboxylic acids is 1. The van der Waals surface area contributed by atoms with Crippen molar-refractivity contribution in [2.24, 2.45) is 9.98 Å². The second kappa shape index (κ2) is 21.2. The topological polar surface area (TPSA) is 120 Å². The zero-order valence-electron chi connectivity index (χ0n) is 30.6. The summed E-state index contributed by atoms with van der Waals surface area (Å²) in [6.45, 7) is 5.09. The molecule has 0 fully saturated rings. The van der Waals surface area contributed by atoms with Gasteiger partial charge in [0.05, 0.1) is 45.9 Å². The lowest BCUT2D eigenvalue weighted by molar-refractivity contribution is -0.136. The smallest absolute Gasteiger partial charge is 0.307 e. The van der Waals surface area contributed by atoms with E-state index in [9.17, 15) is 14.0 Å². The van der Waals surface area contributed by atoms with Gasteiger partial charge >= 0.3 is 5.97 Å². The predicted molar refractivity (Wildman–Crippen MR) is 216 cm³/mol. The molecule has 6 heterocycles. The minimum Gasteiger partial charge on any atom is -0.481 e. The number of alkyl halides is 1. The van der Waals surface area contributed by atoms with Crippen LogP contribution in [0.4, 0.5) is 4.39 Å². The number of hydrogen-bond donors (Lipinski definition) is 2. The maximum atomic E-state index is 12.7. The van der Waals surface area contributed by atoms with Gasteiger partial charge in [-0.05, 0) is 89.2 Å². The summed E-state index contributed by atoms with van der Waals surface area (Å²) < 4.78 is 15.5. The Morgan fingerprint density at radius 1 is 0.796 bits per heavy atom. The standard InChI is InChI=1S/C20H18ClN3O.C12H13N3.C8H7ClO2.CH3F.ClH/c21-18-4-2-1-3-15(18)11-19(25)24-10-7-16-12-23-20(17(16)13-24)14-5-8-22-9-6-14;1-4-13-5-2-9(1)12-11-8-14-6-3-10(11)7-15-12;9-7-4-2-1-3-6(7)5-8(10)11;1-2;/h1-6,8-9H,7,10-13H2;1-2,4-5,14H,3,6-8H2;1-4H,5H2,(H,10,11);1H3;1H/i;;;1D;. The number of rotatable bonds is 6. The maximum absolute atomic E-state index is 12.7. The van der Waals surface area contributed by atoms with Gasteiger partial charge in [0, 0.05) is 65.6 Å². The zero-order chi connectivity index (χ0) is 38.3. The van der Waals surface area contributed by atoms with Crippen molar-refractivity contribution in [3.8, 4) is 0 Å². The fraction of sp³-hybridized carbons (Fsp3) is 0.268. The van der Waals surface area contributed by atoms with Crippen molar-refractivity contribution in [2.45, 2.75) is 25.7 Å². The monoisotopic (exact) mass is 791 g/mol. The summed E-state index contributed by atoms with van der Waals surface area (Å²) in [6, 6.07) is 22.5. The summed E-state index contributed by atoms with van der Waals surface area (Å²) in [5, 5.41) is 13.0. The molecule has 2 aromatic carbocycles.